The maximum absolute atomic E-state index is 12.0. The van der Waals surface area contributed by atoms with Crippen LogP contribution in [0.2, 0.25) is 0 Å². The van der Waals surface area contributed by atoms with Crippen molar-refractivity contribution in [3.8, 4) is 0 Å². The quantitative estimate of drug-likeness (QED) is 0.756. The van der Waals surface area contributed by atoms with Crippen molar-refractivity contribution in [1.82, 2.24) is 0 Å². The molecule has 1 saturated carbocycles. The van der Waals surface area contributed by atoms with Crippen LogP contribution in [-0.2, 0) is 4.74 Å². The van der Waals surface area contributed by atoms with Gasteiger partial charge in [-0.15, -0.1) is 0 Å². The van der Waals surface area contributed by atoms with Crippen LogP contribution in [0.4, 0.5) is 10.5 Å². The van der Waals surface area contributed by atoms with Crippen LogP contribution in [0.25, 0.3) is 0 Å². The van der Waals surface area contributed by atoms with Gasteiger partial charge < -0.3 is 15.8 Å². The monoisotopic (exact) mass is 290 g/mol. The number of rotatable bonds is 7. The maximum Gasteiger partial charge on any atom is 0.404 e. The minimum absolute atomic E-state index is 0.0217. The summed E-state index contributed by atoms with van der Waals surface area (Å²) in [5.41, 5.74) is 6.44. The molecule has 0 spiro atoms. The first-order valence-corrected chi connectivity index (χ1v) is 7.44. The molecular formula is C16H22N2O3. The van der Waals surface area contributed by atoms with Crippen LogP contribution >= 0.6 is 0 Å². The van der Waals surface area contributed by atoms with Crippen molar-refractivity contribution < 1.29 is 14.3 Å². The van der Waals surface area contributed by atoms with E-state index in [4.69, 9.17) is 5.73 Å². The summed E-state index contributed by atoms with van der Waals surface area (Å²) in [5.74, 6) is 0.689. The largest absolute Gasteiger partial charge is 0.449 e. The zero-order valence-electron chi connectivity index (χ0n) is 12.1. The first-order valence-electron chi connectivity index (χ1n) is 7.44. The second kappa shape index (κ2) is 7.67. The molecule has 0 unspecified atom stereocenters. The van der Waals surface area contributed by atoms with Crippen molar-refractivity contribution in [3.05, 3.63) is 29.8 Å². The van der Waals surface area contributed by atoms with Crippen molar-refractivity contribution in [3.63, 3.8) is 0 Å². The lowest BCUT2D eigenvalue weighted by Crippen LogP contribution is -2.16. The highest BCUT2D eigenvalue weighted by molar-refractivity contribution is 5.97. The number of hydrogen-bond donors (Lipinski definition) is 2. The second-order valence-electron chi connectivity index (χ2n) is 5.45. The first-order chi connectivity index (χ1) is 10.1. The number of ketones is 1. The zero-order valence-corrected chi connectivity index (χ0v) is 12.1. The molecule has 1 aliphatic rings. The lowest BCUT2D eigenvalue weighted by atomic mass is 10.1. The van der Waals surface area contributed by atoms with E-state index in [1.807, 2.05) is 18.2 Å². The Bertz CT molecular complexity index is 496. The molecule has 21 heavy (non-hydrogen) atoms. The molecule has 1 fully saturated rings. The fourth-order valence-electron chi connectivity index (χ4n) is 2.67. The van der Waals surface area contributed by atoms with Gasteiger partial charge in [-0.1, -0.05) is 25.0 Å². The molecule has 0 aromatic heterocycles. The Balaban J connectivity index is 1.84. The number of nitrogens with two attached hydrogens (primary N) is 1. The van der Waals surface area contributed by atoms with E-state index >= 15 is 0 Å². The fraction of sp³-hybridized carbons (Fsp3) is 0.500. The summed E-state index contributed by atoms with van der Waals surface area (Å²) in [5, 5.41) is 3.40. The summed E-state index contributed by atoms with van der Waals surface area (Å²) in [7, 11) is 0. The molecule has 0 bridgehead atoms. The summed E-state index contributed by atoms with van der Waals surface area (Å²) in [6.07, 6.45) is 4.52. The number of anilines is 1. The Hall–Kier alpha value is -2.04. The SMILES string of the molecule is NC(=O)OCCC(=O)c1cccc(NCC2CCCC2)c1. The number of benzene rings is 1. The Morgan fingerprint density at radius 2 is 2.05 bits per heavy atom. The van der Waals surface area contributed by atoms with Gasteiger partial charge in [-0.25, -0.2) is 4.79 Å². The number of ether oxygens (including phenoxy) is 1. The van der Waals surface area contributed by atoms with E-state index in [0.29, 0.717) is 5.56 Å². The highest BCUT2D eigenvalue weighted by atomic mass is 16.5. The molecule has 114 valence electrons. The van der Waals surface area contributed by atoms with Crippen LogP contribution in [0.1, 0.15) is 42.5 Å². The molecule has 0 radical (unpaired) electrons. The van der Waals surface area contributed by atoms with Gasteiger partial charge in [0.1, 0.15) is 6.61 Å². The number of hydrogen-bond acceptors (Lipinski definition) is 4. The van der Waals surface area contributed by atoms with E-state index in [1.165, 1.54) is 25.7 Å². The van der Waals surface area contributed by atoms with Crippen LogP contribution in [0.5, 0.6) is 0 Å². The van der Waals surface area contributed by atoms with Gasteiger partial charge in [-0.2, -0.15) is 0 Å². The number of carbonyl (C=O) groups excluding carboxylic acids is 2. The van der Waals surface area contributed by atoms with E-state index in [9.17, 15) is 9.59 Å². The van der Waals surface area contributed by atoms with Crippen molar-refractivity contribution in [2.45, 2.75) is 32.1 Å². The number of carbonyl (C=O) groups is 2. The predicted molar refractivity (Wildman–Crippen MR) is 81.4 cm³/mol. The van der Waals surface area contributed by atoms with Gasteiger partial charge in [-0.3, -0.25) is 4.79 Å². The predicted octanol–water partition coefficient (Wildman–Crippen LogP) is 2.96. The third-order valence-electron chi connectivity index (χ3n) is 3.83. The van der Waals surface area contributed by atoms with Gasteiger partial charge in [0, 0.05) is 24.2 Å². The number of amides is 1. The number of primary amides is 1. The molecule has 2 rings (SSSR count). The van der Waals surface area contributed by atoms with Crippen LogP contribution in [0, 0.1) is 5.92 Å². The number of nitrogens with one attached hydrogen (secondary N) is 1. The smallest absolute Gasteiger partial charge is 0.404 e. The average Bonchev–Trinajstić information content (AvgIpc) is 2.98. The third kappa shape index (κ3) is 5.10. The molecule has 0 aliphatic heterocycles. The van der Waals surface area contributed by atoms with Gasteiger partial charge in [-0.05, 0) is 30.9 Å². The molecule has 3 N–H and O–H groups in total. The lowest BCUT2D eigenvalue weighted by molar-refractivity contribution is 0.0940. The Morgan fingerprint density at radius 1 is 1.29 bits per heavy atom. The zero-order chi connectivity index (χ0) is 15.1. The van der Waals surface area contributed by atoms with E-state index in [0.717, 1.165) is 18.2 Å². The minimum Gasteiger partial charge on any atom is -0.449 e. The van der Waals surface area contributed by atoms with Gasteiger partial charge in [0.05, 0.1) is 0 Å². The normalized spacial score (nSPS) is 14.9. The van der Waals surface area contributed by atoms with E-state index in [-0.39, 0.29) is 18.8 Å². The van der Waals surface area contributed by atoms with Gasteiger partial charge in [0.2, 0.25) is 0 Å². The third-order valence-corrected chi connectivity index (χ3v) is 3.83. The summed E-state index contributed by atoms with van der Waals surface area (Å²) in [6, 6.07) is 7.44. The Morgan fingerprint density at radius 3 is 2.76 bits per heavy atom. The number of Topliss-reactive ketones (excluding diaryl/α,β-unsaturated/α-hetero) is 1. The molecule has 0 heterocycles. The molecule has 5 nitrogen and oxygen atoms in total. The molecule has 0 saturated heterocycles. The Labute approximate surface area is 124 Å². The average molecular weight is 290 g/mol. The van der Waals surface area contributed by atoms with Crippen molar-refractivity contribution in [2.24, 2.45) is 11.7 Å². The standard InChI is InChI=1S/C16H22N2O3/c17-16(20)21-9-8-15(19)13-6-3-7-14(10-13)18-11-12-4-1-2-5-12/h3,6-7,10,12,18H,1-2,4-5,8-9,11H2,(H2,17,20). The molecule has 5 heteroatoms. The lowest BCUT2D eigenvalue weighted by Gasteiger charge is -2.12. The maximum atomic E-state index is 12.0. The van der Waals surface area contributed by atoms with Crippen LogP contribution in [0.15, 0.2) is 24.3 Å². The molecule has 1 aromatic rings. The summed E-state index contributed by atoms with van der Waals surface area (Å²) in [6.45, 7) is 0.982. The topological polar surface area (TPSA) is 81.4 Å². The van der Waals surface area contributed by atoms with E-state index in [1.54, 1.807) is 6.07 Å². The van der Waals surface area contributed by atoms with Crippen LogP contribution in [0.3, 0.4) is 0 Å². The van der Waals surface area contributed by atoms with Crippen molar-refractivity contribution in [1.29, 1.82) is 0 Å². The molecule has 1 amide bonds. The Kier molecular flexibility index (Phi) is 5.60. The summed E-state index contributed by atoms with van der Waals surface area (Å²) >= 11 is 0. The van der Waals surface area contributed by atoms with Crippen molar-refractivity contribution >= 4 is 17.6 Å². The first kappa shape index (κ1) is 15.4. The molecule has 1 aliphatic carbocycles. The van der Waals surface area contributed by atoms with Crippen LogP contribution in [-0.4, -0.2) is 25.0 Å². The minimum atomic E-state index is -0.852. The van der Waals surface area contributed by atoms with Gasteiger partial charge in [0.15, 0.2) is 5.78 Å². The second-order valence-corrected chi connectivity index (χ2v) is 5.45. The fourth-order valence-corrected chi connectivity index (χ4v) is 2.67. The highest BCUT2D eigenvalue weighted by Gasteiger charge is 2.14. The van der Waals surface area contributed by atoms with E-state index < -0.39 is 6.09 Å². The van der Waals surface area contributed by atoms with E-state index in [2.05, 4.69) is 10.1 Å². The van der Waals surface area contributed by atoms with Gasteiger partial charge >= 0.3 is 6.09 Å². The summed E-state index contributed by atoms with van der Waals surface area (Å²) < 4.78 is 4.58. The summed E-state index contributed by atoms with van der Waals surface area (Å²) in [4.78, 5) is 22.4. The highest BCUT2D eigenvalue weighted by Crippen LogP contribution is 2.25. The van der Waals surface area contributed by atoms with Gasteiger partial charge in [0.25, 0.3) is 0 Å². The molecule has 0 atom stereocenters. The molecule has 1 aromatic carbocycles. The van der Waals surface area contributed by atoms with Crippen LogP contribution < -0.4 is 11.1 Å². The van der Waals surface area contributed by atoms with Crippen molar-refractivity contribution in [2.75, 3.05) is 18.5 Å². The molecular weight excluding hydrogens is 268 g/mol.